The summed E-state index contributed by atoms with van der Waals surface area (Å²) in [5.74, 6) is 2.09. The van der Waals surface area contributed by atoms with Crippen LogP contribution in [0.3, 0.4) is 0 Å². The van der Waals surface area contributed by atoms with Gasteiger partial charge in [0, 0.05) is 50.0 Å². The van der Waals surface area contributed by atoms with Crippen LogP contribution in [0.15, 0.2) is 18.2 Å². The van der Waals surface area contributed by atoms with Crippen LogP contribution in [0.1, 0.15) is 33.0 Å². The standard InChI is InChI=1S/C20H29ClN4O2/c1-5-18-23-17-12-15(21)6-7-16(17)20(24-18)25(13-14(2)3)10-8-19(26)22-9-11-27-4/h6-7,12,14H,5,8-11,13H2,1-4H3,(H,22,26). The molecule has 1 N–H and O–H groups in total. The van der Waals surface area contributed by atoms with Crippen molar-refractivity contribution in [1.82, 2.24) is 15.3 Å². The van der Waals surface area contributed by atoms with E-state index in [2.05, 4.69) is 29.0 Å². The van der Waals surface area contributed by atoms with Gasteiger partial charge in [-0.15, -0.1) is 0 Å². The van der Waals surface area contributed by atoms with Crippen molar-refractivity contribution in [2.45, 2.75) is 33.6 Å². The number of anilines is 1. The van der Waals surface area contributed by atoms with Gasteiger partial charge < -0.3 is 15.0 Å². The van der Waals surface area contributed by atoms with Crippen molar-refractivity contribution in [2.75, 3.05) is 38.3 Å². The first-order chi connectivity index (χ1) is 12.9. The molecular weight excluding hydrogens is 364 g/mol. The Morgan fingerprint density at radius 3 is 2.78 bits per heavy atom. The third kappa shape index (κ3) is 6.33. The van der Waals surface area contributed by atoms with Crippen LogP contribution in [-0.4, -0.2) is 49.2 Å². The van der Waals surface area contributed by atoms with Crippen molar-refractivity contribution < 1.29 is 9.53 Å². The Kier molecular flexibility index (Phi) is 8.25. The molecule has 1 heterocycles. The predicted octanol–water partition coefficient (Wildman–Crippen LogP) is 3.46. The van der Waals surface area contributed by atoms with E-state index in [1.807, 2.05) is 25.1 Å². The number of amides is 1. The van der Waals surface area contributed by atoms with Crippen molar-refractivity contribution in [3.8, 4) is 0 Å². The third-order valence-corrected chi connectivity index (χ3v) is 4.36. The van der Waals surface area contributed by atoms with E-state index >= 15 is 0 Å². The SMILES string of the molecule is CCc1nc(N(CCC(=O)NCCOC)CC(C)C)c2ccc(Cl)cc2n1. The van der Waals surface area contributed by atoms with E-state index in [0.717, 1.165) is 35.5 Å². The Balaban J connectivity index is 2.28. The van der Waals surface area contributed by atoms with Crippen LogP contribution in [0.25, 0.3) is 10.9 Å². The number of halogens is 1. The third-order valence-electron chi connectivity index (χ3n) is 4.12. The minimum absolute atomic E-state index is 0.0120. The van der Waals surface area contributed by atoms with Gasteiger partial charge in [0.2, 0.25) is 5.91 Å². The molecule has 0 aliphatic rings. The molecule has 0 saturated carbocycles. The second-order valence-corrected chi connectivity index (χ2v) is 7.35. The summed E-state index contributed by atoms with van der Waals surface area (Å²) in [5, 5.41) is 4.48. The number of ether oxygens (including phenoxy) is 1. The van der Waals surface area contributed by atoms with Crippen LogP contribution < -0.4 is 10.2 Å². The maximum absolute atomic E-state index is 12.1. The largest absolute Gasteiger partial charge is 0.383 e. The molecule has 1 amide bonds. The second kappa shape index (κ2) is 10.4. The highest BCUT2D eigenvalue weighted by Crippen LogP contribution is 2.27. The highest BCUT2D eigenvalue weighted by Gasteiger charge is 2.17. The maximum atomic E-state index is 12.1. The van der Waals surface area contributed by atoms with Gasteiger partial charge in [-0.1, -0.05) is 32.4 Å². The summed E-state index contributed by atoms with van der Waals surface area (Å²) in [5.41, 5.74) is 0.836. The van der Waals surface area contributed by atoms with Crippen LogP contribution in [0.5, 0.6) is 0 Å². The number of hydrogen-bond donors (Lipinski definition) is 1. The molecule has 148 valence electrons. The Hall–Kier alpha value is -1.92. The molecule has 2 rings (SSSR count). The zero-order valence-corrected chi connectivity index (χ0v) is 17.3. The molecule has 0 unspecified atom stereocenters. The van der Waals surface area contributed by atoms with E-state index in [-0.39, 0.29) is 5.91 Å². The number of carbonyl (C=O) groups is 1. The summed E-state index contributed by atoms with van der Waals surface area (Å²) >= 11 is 6.16. The molecule has 0 aliphatic heterocycles. The number of hydrogen-bond acceptors (Lipinski definition) is 5. The van der Waals surface area contributed by atoms with Gasteiger partial charge in [-0.25, -0.2) is 9.97 Å². The fraction of sp³-hybridized carbons (Fsp3) is 0.550. The lowest BCUT2D eigenvalue weighted by Crippen LogP contribution is -2.35. The monoisotopic (exact) mass is 392 g/mol. The van der Waals surface area contributed by atoms with E-state index in [4.69, 9.17) is 21.3 Å². The summed E-state index contributed by atoms with van der Waals surface area (Å²) in [6.45, 7) is 8.79. The molecule has 0 fully saturated rings. The van der Waals surface area contributed by atoms with Gasteiger partial charge in [0.1, 0.15) is 11.6 Å². The lowest BCUT2D eigenvalue weighted by Gasteiger charge is -2.27. The quantitative estimate of drug-likeness (QED) is 0.627. The smallest absolute Gasteiger partial charge is 0.221 e. The summed E-state index contributed by atoms with van der Waals surface area (Å²) in [6.07, 6.45) is 1.14. The molecule has 0 atom stereocenters. The molecular formula is C20H29ClN4O2. The minimum Gasteiger partial charge on any atom is -0.383 e. The normalized spacial score (nSPS) is 11.2. The number of carbonyl (C=O) groups excluding carboxylic acids is 1. The first-order valence-electron chi connectivity index (χ1n) is 9.41. The van der Waals surface area contributed by atoms with E-state index in [0.29, 0.717) is 37.1 Å². The first-order valence-corrected chi connectivity index (χ1v) is 9.79. The lowest BCUT2D eigenvalue weighted by molar-refractivity contribution is -0.121. The van der Waals surface area contributed by atoms with Crippen LogP contribution in [-0.2, 0) is 16.0 Å². The van der Waals surface area contributed by atoms with Gasteiger partial charge in [-0.3, -0.25) is 4.79 Å². The number of benzene rings is 1. The summed E-state index contributed by atoms with van der Waals surface area (Å²) in [7, 11) is 1.62. The van der Waals surface area contributed by atoms with Crippen LogP contribution in [0.4, 0.5) is 5.82 Å². The van der Waals surface area contributed by atoms with Crippen molar-refractivity contribution in [3.05, 3.63) is 29.0 Å². The molecule has 2 aromatic rings. The average molecular weight is 393 g/mol. The lowest BCUT2D eigenvalue weighted by atomic mass is 10.1. The Labute approximate surface area is 166 Å². The molecule has 27 heavy (non-hydrogen) atoms. The molecule has 0 radical (unpaired) electrons. The Bertz CT molecular complexity index is 767. The van der Waals surface area contributed by atoms with Gasteiger partial charge in [0.05, 0.1) is 12.1 Å². The van der Waals surface area contributed by atoms with Crippen LogP contribution in [0, 0.1) is 5.92 Å². The van der Waals surface area contributed by atoms with E-state index in [9.17, 15) is 4.79 Å². The Morgan fingerprint density at radius 2 is 2.11 bits per heavy atom. The Morgan fingerprint density at radius 1 is 1.33 bits per heavy atom. The van der Waals surface area contributed by atoms with E-state index in [1.54, 1.807) is 7.11 Å². The molecule has 0 bridgehead atoms. The van der Waals surface area contributed by atoms with Crippen molar-refractivity contribution >= 4 is 34.2 Å². The first kappa shape index (κ1) is 21.4. The topological polar surface area (TPSA) is 67.4 Å². The highest BCUT2D eigenvalue weighted by atomic mass is 35.5. The number of nitrogens with one attached hydrogen (secondary N) is 1. The summed E-state index contributed by atoms with van der Waals surface area (Å²) < 4.78 is 4.97. The molecule has 7 heteroatoms. The summed E-state index contributed by atoms with van der Waals surface area (Å²) in [6, 6.07) is 5.68. The molecule has 0 saturated heterocycles. The van der Waals surface area contributed by atoms with Crippen molar-refractivity contribution in [2.24, 2.45) is 5.92 Å². The van der Waals surface area contributed by atoms with Gasteiger partial charge in [-0.05, 0) is 24.1 Å². The molecule has 1 aromatic carbocycles. The van der Waals surface area contributed by atoms with Crippen LogP contribution in [0.2, 0.25) is 5.02 Å². The fourth-order valence-corrected chi connectivity index (χ4v) is 3.04. The summed E-state index contributed by atoms with van der Waals surface area (Å²) in [4.78, 5) is 23.7. The predicted molar refractivity (Wildman–Crippen MR) is 110 cm³/mol. The molecule has 6 nitrogen and oxygen atoms in total. The number of aromatic nitrogens is 2. The molecule has 0 aliphatic carbocycles. The van der Waals surface area contributed by atoms with E-state index < -0.39 is 0 Å². The number of aryl methyl sites for hydroxylation is 1. The number of rotatable bonds is 10. The van der Waals surface area contributed by atoms with Crippen molar-refractivity contribution in [3.63, 3.8) is 0 Å². The van der Waals surface area contributed by atoms with E-state index in [1.165, 1.54) is 0 Å². The van der Waals surface area contributed by atoms with Gasteiger partial charge >= 0.3 is 0 Å². The fourth-order valence-electron chi connectivity index (χ4n) is 2.87. The van der Waals surface area contributed by atoms with Crippen molar-refractivity contribution in [1.29, 1.82) is 0 Å². The zero-order chi connectivity index (χ0) is 19.8. The van der Waals surface area contributed by atoms with Crippen LogP contribution >= 0.6 is 11.6 Å². The second-order valence-electron chi connectivity index (χ2n) is 6.91. The average Bonchev–Trinajstić information content (AvgIpc) is 2.63. The molecule has 0 spiro atoms. The minimum atomic E-state index is 0.0120. The number of fused-ring (bicyclic) bond motifs is 1. The van der Waals surface area contributed by atoms with Gasteiger partial charge in [0.25, 0.3) is 0 Å². The van der Waals surface area contributed by atoms with Gasteiger partial charge in [0.15, 0.2) is 0 Å². The van der Waals surface area contributed by atoms with Gasteiger partial charge in [-0.2, -0.15) is 0 Å². The highest BCUT2D eigenvalue weighted by molar-refractivity contribution is 6.31. The maximum Gasteiger partial charge on any atom is 0.221 e. The number of methoxy groups -OCH3 is 1. The number of nitrogens with zero attached hydrogens (tertiary/aromatic N) is 3. The zero-order valence-electron chi connectivity index (χ0n) is 16.6. The molecule has 1 aromatic heterocycles.